The smallest absolute Gasteiger partial charge is 0.0991 e. The molecular weight excluding hydrogens is 329 g/mol. The molecule has 0 aliphatic rings. The maximum absolute atomic E-state index is 6.05. The van der Waals surface area contributed by atoms with Crippen LogP contribution in [0.15, 0.2) is 61.2 Å². The summed E-state index contributed by atoms with van der Waals surface area (Å²) in [5, 5.41) is 4.66. The van der Waals surface area contributed by atoms with E-state index in [-0.39, 0.29) is 6.04 Å². The minimum atomic E-state index is 0.237. The van der Waals surface area contributed by atoms with Crippen LogP contribution in [0.1, 0.15) is 24.1 Å². The Balaban J connectivity index is 1.63. The maximum atomic E-state index is 6.05. The fraction of sp³-hybridized carbons (Fsp3) is 0.167. The van der Waals surface area contributed by atoms with Gasteiger partial charge in [-0.2, -0.15) is 0 Å². The van der Waals surface area contributed by atoms with E-state index in [1.807, 2.05) is 29.0 Å². The van der Waals surface area contributed by atoms with Gasteiger partial charge in [-0.25, -0.2) is 4.98 Å². The summed E-state index contributed by atoms with van der Waals surface area (Å²) in [4.78, 5) is 4.06. The SMILES string of the molecule is CC(NCc1ccc(Cl)c(Cl)c1)c1ccc(-n2ccnc2)cc1. The number of rotatable bonds is 5. The van der Waals surface area contributed by atoms with Gasteiger partial charge in [0.15, 0.2) is 0 Å². The first-order chi connectivity index (χ1) is 11.1. The molecule has 0 bridgehead atoms. The molecule has 1 atom stereocenters. The molecule has 118 valence electrons. The van der Waals surface area contributed by atoms with Crippen LogP contribution in [0.4, 0.5) is 0 Å². The number of nitrogens with one attached hydrogen (secondary N) is 1. The van der Waals surface area contributed by atoms with E-state index in [1.54, 1.807) is 12.5 Å². The molecule has 3 rings (SSSR count). The number of hydrogen-bond donors (Lipinski definition) is 1. The van der Waals surface area contributed by atoms with E-state index >= 15 is 0 Å². The Kier molecular flexibility index (Phi) is 5.01. The van der Waals surface area contributed by atoms with Crippen molar-refractivity contribution in [3.05, 3.63) is 82.4 Å². The number of halogens is 2. The molecule has 3 aromatic rings. The van der Waals surface area contributed by atoms with Crippen molar-refractivity contribution in [1.29, 1.82) is 0 Å². The fourth-order valence-electron chi connectivity index (χ4n) is 2.39. The lowest BCUT2D eigenvalue weighted by atomic mass is 10.1. The lowest BCUT2D eigenvalue weighted by Crippen LogP contribution is -2.18. The first kappa shape index (κ1) is 16.1. The third-order valence-corrected chi connectivity index (χ3v) is 4.53. The van der Waals surface area contributed by atoms with Gasteiger partial charge in [0.05, 0.1) is 16.4 Å². The molecular formula is C18H17Cl2N3. The van der Waals surface area contributed by atoms with Gasteiger partial charge >= 0.3 is 0 Å². The second kappa shape index (κ2) is 7.18. The highest BCUT2D eigenvalue weighted by Crippen LogP contribution is 2.23. The zero-order chi connectivity index (χ0) is 16.2. The number of aromatic nitrogens is 2. The molecule has 0 amide bonds. The number of imidazole rings is 1. The number of benzene rings is 2. The van der Waals surface area contributed by atoms with Crippen LogP contribution in [-0.4, -0.2) is 9.55 Å². The lowest BCUT2D eigenvalue weighted by molar-refractivity contribution is 0.574. The minimum absolute atomic E-state index is 0.237. The first-order valence-corrected chi connectivity index (χ1v) is 8.14. The van der Waals surface area contributed by atoms with Crippen LogP contribution in [0.5, 0.6) is 0 Å². The first-order valence-electron chi connectivity index (χ1n) is 7.39. The molecule has 0 aliphatic carbocycles. The predicted octanol–water partition coefficient (Wildman–Crippen LogP) is 5.03. The Labute approximate surface area is 145 Å². The van der Waals surface area contributed by atoms with Crippen molar-refractivity contribution < 1.29 is 0 Å². The summed E-state index contributed by atoms with van der Waals surface area (Å²) < 4.78 is 1.98. The third kappa shape index (κ3) is 3.94. The van der Waals surface area contributed by atoms with Gasteiger partial charge in [0.2, 0.25) is 0 Å². The molecule has 5 heteroatoms. The Bertz CT molecular complexity index is 767. The van der Waals surface area contributed by atoms with Crippen molar-refractivity contribution in [1.82, 2.24) is 14.9 Å². The predicted molar refractivity (Wildman–Crippen MR) is 95.3 cm³/mol. The highest BCUT2D eigenvalue weighted by molar-refractivity contribution is 6.42. The standard InChI is InChI=1S/C18H17Cl2N3/c1-13(22-11-14-2-7-17(19)18(20)10-14)15-3-5-16(6-4-15)23-9-8-21-12-23/h2-10,12-13,22H,11H2,1H3. The van der Waals surface area contributed by atoms with Crippen LogP contribution in [0, 0.1) is 0 Å². The molecule has 1 heterocycles. The average Bonchev–Trinajstić information content (AvgIpc) is 3.10. The van der Waals surface area contributed by atoms with Crippen LogP contribution in [0.2, 0.25) is 10.0 Å². The topological polar surface area (TPSA) is 29.9 Å². The minimum Gasteiger partial charge on any atom is -0.306 e. The van der Waals surface area contributed by atoms with E-state index in [1.165, 1.54) is 5.56 Å². The Morgan fingerprint density at radius 1 is 1.09 bits per heavy atom. The summed E-state index contributed by atoms with van der Waals surface area (Å²) in [7, 11) is 0. The summed E-state index contributed by atoms with van der Waals surface area (Å²) in [5.41, 5.74) is 3.44. The van der Waals surface area contributed by atoms with Crippen LogP contribution in [0.25, 0.3) is 5.69 Å². The molecule has 0 saturated heterocycles. The molecule has 1 unspecified atom stereocenters. The molecule has 23 heavy (non-hydrogen) atoms. The van der Waals surface area contributed by atoms with E-state index in [2.05, 4.69) is 41.5 Å². The van der Waals surface area contributed by atoms with Gasteiger partial charge < -0.3 is 9.88 Å². The summed E-state index contributed by atoms with van der Waals surface area (Å²) >= 11 is 12.0. The molecule has 3 nitrogen and oxygen atoms in total. The van der Waals surface area contributed by atoms with E-state index in [4.69, 9.17) is 23.2 Å². The van der Waals surface area contributed by atoms with Crippen molar-refractivity contribution in [2.24, 2.45) is 0 Å². The average molecular weight is 346 g/mol. The second-order valence-corrected chi connectivity index (χ2v) is 6.23. The Hall–Kier alpha value is -1.81. The fourth-order valence-corrected chi connectivity index (χ4v) is 2.71. The molecule has 0 aliphatic heterocycles. The van der Waals surface area contributed by atoms with Gasteiger partial charge in [0, 0.05) is 30.7 Å². The van der Waals surface area contributed by atoms with Gasteiger partial charge in [-0.05, 0) is 42.3 Å². The quantitative estimate of drug-likeness (QED) is 0.702. The van der Waals surface area contributed by atoms with Gasteiger partial charge in [-0.15, -0.1) is 0 Å². The van der Waals surface area contributed by atoms with Crippen LogP contribution < -0.4 is 5.32 Å². The van der Waals surface area contributed by atoms with Gasteiger partial charge in [0.25, 0.3) is 0 Å². The van der Waals surface area contributed by atoms with Crippen molar-refractivity contribution in [3.63, 3.8) is 0 Å². The van der Waals surface area contributed by atoms with E-state index in [0.717, 1.165) is 17.8 Å². The summed E-state index contributed by atoms with van der Waals surface area (Å²) in [6.07, 6.45) is 5.50. The highest BCUT2D eigenvalue weighted by atomic mass is 35.5. The summed E-state index contributed by atoms with van der Waals surface area (Å²) in [6, 6.07) is 14.4. The molecule has 0 fully saturated rings. The highest BCUT2D eigenvalue weighted by Gasteiger charge is 2.06. The van der Waals surface area contributed by atoms with E-state index in [9.17, 15) is 0 Å². The van der Waals surface area contributed by atoms with Crippen LogP contribution in [0.3, 0.4) is 0 Å². The second-order valence-electron chi connectivity index (χ2n) is 5.41. The maximum Gasteiger partial charge on any atom is 0.0991 e. The van der Waals surface area contributed by atoms with Crippen LogP contribution >= 0.6 is 23.2 Å². The van der Waals surface area contributed by atoms with Gasteiger partial charge in [0.1, 0.15) is 0 Å². The Morgan fingerprint density at radius 2 is 1.87 bits per heavy atom. The lowest BCUT2D eigenvalue weighted by Gasteiger charge is -2.15. The molecule has 0 saturated carbocycles. The molecule has 1 aromatic heterocycles. The number of nitrogens with zero attached hydrogens (tertiary/aromatic N) is 2. The molecule has 0 spiro atoms. The van der Waals surface area contributed by atoms with Crippen molar-refractivity contribution in [3.8, 4) is 5.69 Å². The largest absolute Gasteiger partial charge is 0.306 e. The van der Waals surface area contributed by atoms with Crippen LogP contribution in [-0.2, 0) is 6.54 Å². The summed E-state index contributed by atoms with van der Waals surface area (Å²) in [5.74, 6) is 0. The molecule has 0 radical (unpaired) electrons. The number of hydrogen-bond acceptors (Lipinski definition) is 2. The summed E-state index contributed by atoms with van der Waals surface area (Å²) in [6.45, 7) is 2.88. The van der Waals surface area contributed by atoms with Gasteiger partial charge in [-0.1, -0.05) is 41.4 Å². The molecule has 1 N–H and O–H groups in total. The van der Waals surface area contributed by atoms with Crippen molar-refractivity contribution in [2.75, 3.05) is 0 Å². The van der Waals surface area contributed by atoms with Crippen molar-refractivity contribution in [2.45, 2.75) is 19.5 Å². The monoisotopic (exact) mass is 345 g/mol. The zero-order valence-electron chi connectivity index (χ0n) is 12.7. The zero-order valence-corrected chi connectivity index (χ0v) is 14.2. The Morgan fingerprint density at radius 3 is 2.52 bits per heavy atom. The van der Waals surface area contributed by atoms with Gasteiger partial charge in [-0.3, -0.25) is 0 Å². The van der Waals surface area contributed by atoms with E-state index < -0.39 is 0 Å². The third-order valence-electron chi connectivity index (χ3n) is 3.79. The van der Waals surface area contributed by atoms with E-state index in [0.29, 0.717) is 10.0 Å². The normalized spacial score (nSPS) is 12.3. The molecule has 2 aromatic carbocycles. The van der Waals surface area contributed by atoms with Crippen molar-refractivity contribution >= 4 is 23.2 Å².